The number of aliphatic imine (C=N–C) groups is 1. The van der Waals surface area contributed by atoms with Crippen LogP contribution in [0.1, 0.15) is 25.2 Å². The van der Waals surface area contributed by atoms with E-state index in [0.717, 1.165) is 22.9 Å². The number of aryl methyl sites for hydroxylation is 1. The smallest absolute Gasteiger partial charge is 0.258 e. The van der Waals surface area contributed by atoms with E-state index in [2.05, 4.69) is 23.8 Å². The molecule has 0 aromatic carbocycles. The summed E-state index contributed by atoms with van der Waals surface area (Å²) >= 11 is 2.89. The molecule has 2 heterocycles. The average molecular weight is 347 g/mol. The molecule has 2 N–H and O–H groups in total. The van der Waals surface area contributed by atoms with E-state index in [-0.39, 0.29) is 18.0 Å². The summed E-state index contributed by atoms with van der Waals surface area (Å²) in [6.07, 6.45) is 0. The van der Waals surface area contributed by atoms with Crippen molar-refractivity contribution in [3.05, 3.63) is 33.2 Å². The van der Waals surface area contributed by atoms with Crippen molar-refractivity contribution in [2.45, 2.75) is 26.5 Å². The molecule has 0 spiro atoms. The Morgan fingerprint density at radius 3 is 2.95 bits per heavy atom. The summed E-state index contributed by atoms with van der Waals surface area (Å²) in [6, 6.07) is 1.56. The number of amidine groups is 1. The van der Waals surface area contributed by atoms with Gasteiger partial charge in [-0.25, -0.2) is 4.98 Å². The molecule has 0 aliphatic heterocycles. The third-order valence-corrected chi connectivity index (χ3v) is 4.42. The summed E-state index contributed by atoms with van der Waals surface area (Å²) in [5.74, 6) is 1.05. The number of hydrogen-bond donors (Lipinski definition) is 1. The molecule has 2 rings (SSSR count). The molecule has 0 amide bonds. The molecule has 5 nitrogen and oxygen atoms in total. The summed E-state index contributed by atoms with van der Waals surface area (Å²) in [7, 11) is 0. The highest BCUT2D eigenvalue weighted by Crippen LogP contribution is 2.14. The van der Waals surface area contributed by atoms with Gasteiger partial charge in [-0.1, -0.05) is 25.6 Å². The predicted octanol–water partition coefficient (Wildman–Crippen LogP) is 2.69. The normalized spacial score (nSPS) is 11.9. The highest BCUT2D eigenvalue weighted by atomic mass is 35.5. The van der Waals surface area contributed by atoms with Crippen molar-refractivity contribution >= 4 is 45.6 Å². The number of hydrogen-bond acceptors (Lipinski definition) is 5. The number of nitrogens with two attached hydrogens (primary N) is 1. The van der Waals surface area contributed by atoms with Gasteiger partial charge in [-0.3, -0.25) is 14.2 Å². The lowest BCUT2D eigenvalue weighted by Crippen LogP contribution is -2.15. The number of fused-ring (bicyclic) bond motifs is 1. The number of aromatic nitrogens is 2. The molecule has 21 heavy (non-hydrogen) atoms. The fraction of sp³-hybridized carbons (Fsp3) is 0.462. The van der Waals surface area contributed by atoms with Gasteiger partial charge in [0, 0.05) is 29.4 Å². The van der Waals surface area contributed by atoms with Crippen LogP contribution in [-0.2, 0) is 5.75 Å². The molecule has 8 heteroatoms. The summed E-state index contributed by atoms with van der Waals surface area (Å²) < 4.78 is 1.62. The van der Waals surface area contributed by atoms with Crippen LogP contribution in [0.15, 0.2) is 21.2 Å². The Morgan fingerprint density at radius 1 is 1.57 bits per heavy atom. The third-order valence-electron chi connectivity index (χ3n) is 2.61. The molecule has 0 saturated carbocycles. The average Bonchev–Trinajstić information content (AvgIpc) is 2.76. The largest absolute Gasteiger partial charge is 0.379 e. The van der Waals surface area contributed by atoms with E-state index in [1.54, 1.807) is 10.5 Å². The van der Waals surface area contributed by atoms with Gasteiger partial charge in [-0.2, -0.15) is 0 Å². The lowest BCUT2D eigenvalue weighted by Gasteiger charge is -2.03. The standard InChI is InChI=1S/C13H18N4OS2.ClH/c1-8(2)5-15-12(14)19-7-10-4-11(18)17-9(3)6-20-13(17)16-10;/h4,6,8H,5,7H2,1-3H3,(H2,14,15);1H. The van der Waals surface area contributed by atoms with E-state index < -0.39 is 0 Å². The molecule has 0 bridgehead atoms. The first-order valence-corrected chi connectivity index (χ1v) is 8.23. The topological polar surface area (TPSA) is 72.8 Å². The molecule has 0 saturated heterocycles. The Balaban J connectivity index is 0.00000220. The summed E-state index contributed by atoms with van der Waals surface area (Å²) in [4.78, 5) is 21.5. The van der Waals surface area contributed by atoms with Crippen LogP contribution in [0.5, 0.6) is 0 Å². The van der Waals surface area contributed by atoms with Gasteiger partial charge in [-0.15, -0.1) is 23.7 Å². The summed E-state index contributed by atoms with van der Waals surface area (Å²) in [6.45, 7) is 6.81. The Labute approximate surface area is 138 Å². The van der Waals surface area contributed by atoms with E-state index >= 15 is 0 Å². The van der Waals surface area contributed by atoms with E-state index in [1.165, 1.54) is 23.1 Å². The fourth-order valence-electron chi connectivity index (χ4n) is 1.64. The van der Waals surface area contributed by atoms with Gasteiger partial charge in [0.15, 0.2) is 10.1 Å². The first-order valence-electron chi connectivity index (χ1n) is 6.37. The van der Waals surface area contributed by atoms with Gasteiger partial charge in [0.2, 0.25) is 0 Å². The molecule has 0 atom stereocenters. The number of nitrogens with zero attached hydrogens (tertiary/aromatic N) is 3. The van der Waals surface area contributed by atoms with Crippen LogP contribution in [0.3, 0.4) is 0 Å². The van der Waals surface area contributed by atoms with Crippen molar-refractivity contribution < 1.29 is 0 Å². The maximum atomic E-state index is 12.0. The van der Waals surface area contributed by atoms with E-state index in [1.807, 2.05) is 12.3 Å². The minimum Gasteiger partial charge on any atom is -0.379 e. The molecule has 0 fully saturated rings. The third kappa shape index (κ3) is 4.72. The van der Waals surface area contributed by atoms with Crippen LogP contribution in [0.4, 0.5) is 0 Å². The van der Waals surface area contributed by atoms with Crippen LogP contribution < -0.4 is 11.3 Å². The van der Waals surface area contributed by atoms with E-state index in [0.29, 0.717) is 16.8 Å². The molecule has 2 aromatic rings. The van der Waals surface area contributed by atoms with E-state index in [9.17, 15) is 4.79 Å². The van der Waals surface area contributed by atoms with Crippen LogP contribution in [0, 0.1) is 12.8 Å². The molecule has 0 radical (unpaired) electrons. The molecule has 116 valence electrons. The predicted molar refractivity (Wildman–Crippen MR) is 93.9 cm³/mol. The zero-order valence-electron chi connectivity index (χ0n) is 12.2. The van der Waals surface area contributed by atoms with Crippen LogP contribution >= 0.6 is 35.5 Å². The second kappa shape index (κ2) is 7.82. The zero-order chi connectivity index (χ0) is 14.7. The van der Waals surface area contributed by atoms with Crippen molar-refractivity contribution in [2.24, 2.45) is 16.6 Å². The first kappa shape index (κ1) is 18.0. The fourth-order valence-corrected chi connectivity index (χ4v) is 3.14. The number of halogens is 1. The second-order valence-electron chi connectivity index (χ2n) is 4.94. The minimum absolute atomic E-state index is 0. The molecule has 0 unspecified atom stereocenters. The van der Waals surface area contributed by atoms with Crippen molar-refractivity contribution in [1.29, 1.82) is 0 Å². The molecule has 2 aromatic heterocycles. The molecular weight excluding hydrogens is 328 g/mol. The Kier molecular flexibility index (Phi) is 6.70. The Bertz CT molecular complexity index is 693. The quantitative estimate of drug-likeness (QED) is 0.682. The SMILES string of the molecule is Cc1csc2nc(CSC(N)=NCC(C)C)cc(=O)n12.Cl. The highest BCUT2D eigenvalue weighted by Gasteiger charge is 2.07. The first-order chi connectivity index (χ1) is 9.47. The number of rotatable bonds is 4. The number of thiazole rings is 1. The Morgan fingerprint density at radius 2 is 2.29 bits per heavy atom. The van der Waals surface area contributed by atoms with Crippen molar-refractivity contribution in [3.63, 3.8) is 0 Å². The van der Waals surface area contributed by atoms with Crippen molar-refractivity contribution in [1.82, 2.24) is 9.38 Å². The van der Waals surface area contributed by atoms with Crippen LogP contribution in [0.25, 0.3) is 4.96 Å². The van der Waals surface area contributed by atoms with Gasteiger partial charge < -0.3 is 5.73 Å². The van der Waals surface area contributed by atoms with E-state index in [4.69, 9.17) is 5.73 Å². The van der Waals surface area contributed by atoms with Gasteiger partial charge in [0.1, 0.15) is 0 Å². The van der Waals surface area contributed by atoms with Crippen molar-refractivity contribution in [2.75, 3.05) is 6.54 Å². The van der Waals surface area contributed by atoms with Gasteiger partial charge in [0.25, 0.3) is 5.56 Å². The number of thioether (sulfide) groups is 1. The van der Waals surface area contributed by atoms with Crippen LogP contribution in [-0.4, -0.2) is 21.1 Å². The lowest BCUT2D eigenvalue weighted by molar-refractivity contribution is 0.666. The molecule has 0 aliphatic carbocycles. The van der Waals surface area contributed by atoms with Crippen LogP contribution in [0.2, 0.25) is 0 Å². The van der Waals surface area contributed by atoms with Gasteiger partial charge in [0.05, 0.1) is 5.69 Å². The lowest BCUT2D eigenvalue weighted by atomic mass is 10.2. The maximum absolute atomic E-state index is 12.0. The Hall–Kier alpha value is -1.05. The maximum Gasteiger partial charge on any atom is 0.258 e. The molecule has 0 aliphatic rings. The zero-order valence-corrected chi connectivity index (χ0v) is 14.6. The highest BCUT2D eigenvalue weighted by molar-refractivity contribution is 8.13. The van der Waals surface area contributed by atoms with Gasteiger partial charge >= 0.3 is 0 Å². The molecular formula is C13H19ClN4OS2. The summed E-state index contributed by atoms with van der Waals surface area (Å²) in [5, 5.41) is 2.47. The monoisotopic (exact) mass is 346 g/mol. The van der Waals surface area contributed by atoms with Gasteiger partial charge in [-0.05, 0) is 12.8 Å². The minimum atomic E-state index is -0.0398. The van der Waals surface area contributed by atoms with Crippen molar-refractivity contribution in [3.8, 4) is 0 Å². The summed E-state index contributed by atoms with van der Waals surface area (Å²) in [5.41, 5.74) is 7.45. The second-order valence-corrected chi connectivity index (χ2v) is 6.77.